The maximum atomic E-state index is 9.37. The minimum atomic E-state index is -1.41. The second kappa shape index (κ2) is 6.50. The molecule has 0 atom stereocenters. The first-order valence-electron chi connectivity index (χ1n) is 6.35. The fourth-order valence-corrected chi connectivity index (χ4v) is 3.68. The summed E-state index contributed by atoms with van der Waals surface area (Å²) in [6.45, 7) is 0. The number of rotatable bonds is 5. The van der Waals surface area contributed by atoms with Crippen LogP contribution in [0.3, 0.4) is 0 Å². The molecular weight excluding hydrogens is 247 g/mol. The van der Waals surface area contributed by atoms with E-state index < -0.39 is 7.12 Å². The van der Waals surface area contributed by atoms with Gasteiger partial charge in [-0.25, -0.2) is 0 Å². The Morgan fingerprint density at radius 2 is 2.06 bits per heavy atom. The van der Waals surface area contributed by atoms with E-state index in [4.69, 9.17) is 4.74 Å². The van der Waals surface area contributed by atoms with Crippen molar-refractivity contribution in [1.29, 1.82) is 0 Å². The van der Waals surface area contributed by atoms with E-state index in [0.717, 1.165) is 22.3 Å². The summed E-state index contributed by atoms with van der Waals surface area (Å²) < 4.78 is 5.19. The molecule has 3 nitrogen and oxygen atoms in total. The first-order chi connectivity index (χ1) is 8.70. The zero-order valence-corrected chi connectivity index (χ0v) is 11.4. The van der Waals surface area contributed by atoms with E-state index in [2.05, 4.69) is 0 Å². The van der Waals surface area contributed by atoms with Crippen molar-refractivity contribution in [1.82, 2.24) is 0 Å². The third-order valence-corrected chi connectivity index (χ3v) is 4.83. The maximum Gasteiger partial charge on any atom is 0.488 e. The van der Waals surface area contributed by atoms with Crippen LogP contribution in [0.15, 0.2) is 18.2 Å². The number of hydrogen-bond donors (Lipinski definition) is 2. The molecule has 1 fully saturated rings. The van der Waals surface area contributed by atoms with Gasteiger partial charge < -0.3 is 14.8 Å². The third kappa shape index (κ3) is 3.43. The van der Waals surface area contributed by atoms with Gasteiger partial charge in [-0.3, -0.25) is 0 Å². The van der Waals surface area contributed by atoms with Crippen molar-refractivity contribution in [2.75, 3.05) is 7.11 Å². The van der Waals surface area contributed by atoms with Gasteiger partial charge in [-0.05, 0) is 36.0 Å². The van der Waals surface area contributed by atoms with Crippen molar-refractivity contribution < 1.29 is 14.8 Å². The Hall–Kier alpha value is -0.645. The maximum absolute atomic E-state index is 9.37. The normalized spacial score (nSPS) is 15.9. The van der Waals surface area contributed by atoms with Crippen LogP contribution < -0.4 is 10.2 Å². The average molecular weight is 266 g/mol. The van der Waals surface area contributed by atoms with Gasteiger partial charge in [-0.2, -0.15) is 11.8 Å². The van der Waals surface area contributed by atoms with Crippen molar-refractivity contribution in [3.8, 4) is 5.75 Å². The molecular formula is C13H19BO3S. The van der Waals surface area contributed by atoms with Gasteiger partial charge in [0.05, 0.1) is 7.11 Å². The largest absolute Gasteiger partial charge is 0.497 e. The van der Waals surface area contributed by atoms with E-state index in [1.165, 1.54) is 25.7 Å². The van der Waals surface area contributed by atoms with Crippen LogP contribution in [0.5, 0.6) is 5.75 Å². The zero-order chi connectivity index (χ0) is 13.0. The van der Waals surface area contributed by atoms with E-state index in [0.29, 0.717) is 5.46 Å². The minimum absolute atomic E-state index is 0.585. The smallest absolute Gasteiger partial charge is 0.488 e. The summed E-state index contributed by atoms with van der Waals surface area (Å²) in [4.78, 5) is 0. The van der Waals surface area contributed by atoms with Crippen molar-refractivity contribution in [3.05, 3.63) is 23.8 Å². The predicted molar refractivity (Wildman–Crippen MR) is 76.4 cm³/mol. The van der Waals surface area contributed by atoms with Gasteiger partial charge in [-0.1, -0.05) is 18.9 Å². The molecule has 1 aromatic rings. The molecule has 0 saturated heterocycles. The van der Waals surface area contributed by atoms with E-state index in [1.54, 1.807) is 19.2 Å². The summed E-state index contributed by atoms with van der Waals surface area (Å²) >= 11 is 1.91. The quantitative estimate of drug-likeness (QED) is 0.794. The molecule has 2 N–H and O–H groups in total. The van der Waals surface area contributed by atoms with Crippen molar-refractivity contribution in [2.45, 2.75) is 36.7 Å². The Morgan fingerprint density at radius 1 is 1.33 bits per heavy atom. The predicted octanol–water partition coefficient (Wildman–Crippen LogP) is 1.55. The lowest BCUT2D eigenvalue weighted by Crippen LogP contribution is -2.32. The highest BCUT2D eigenvalue weighted by atomic mass is 32.2. The lowest BCUT2D eigenvalue weighted by atomic mass is 9.77. The van der Waals surface area contributed by atoms with Gasteiger partial charge in [0.2, 0.25) is 0 Å². The monoisotopic (exact) mass is 266 g/mol. The molecule has 2 rings (SSSR count). The van der Waals surface area contributed by atoms with Crippen molar-refractivity contribution in [3.63, 3.8) is 0 Å². The first-order valence-corrected chi connectivity index (χ1v) is 7.40. The van der Waals surface area contributed by atoms with Crippen LogP contribution >= 0.6 is 11.8 Å². The summed E-state index contributed by atoms with van der Waals surface area (Å²) in [5.41, 5.74) is 1.54. The highest BCUT2D eigenvalue weighted by molar-refractivity contribution is 7.99. The fourth-order valence-electron chi connectivity index (χ4n) is 2.35. The van der Waals surface area contributed by atoms with Gasteiger partial charge in [0, 0.05) is 11.0 Å². The molecule has 0 heterocycles. The highest BCUT2D eigenvalue weighted by Gasteiger charge is 2.19. The molecule has 0 unspecified atom stereocenters. The molecule has 0 aromatic heterocycles. The lowest BCUT2D eigenvalue weighted by molar-refractivity contribution is 0.413. The summed E-state index contributed by atoms with van der Waals surface area (Å²) in [6, 6.07) is 5.39. The molecule has 0 bridgehead atoms. The number of ether oxygens (including phenoxy) is 1. The second-order valence-electron chi connectivity index (χ2n) is 4.66. The summed E-state index contributed by atoms with van der Waals surface area (Å²) in [5.74, 6) is 1.58. The van der Waals surface area contributed by atoms with Gasteiger partial charge in [0.1, 0.15) is 5.75 Å². The van der Waals surface area contributed by atoms with Crippen molar-refractivity contribution in [2.24, 2.45) is 0 Å². The third-order valence-electron chi connectivity index (χ3n) is 3.41. The van der Waals surface area contributed by atoms with Crippen LogP contribution in [0.4, 0.5) is 0 Å². The Labute approximate surface area is 113 Å². The Balaban J connectivity index is 2.07. The fraction of sp³-hybridized carbons (Fsp3) is 0.538. The SMILES string of the molecule is COc1ccc(B(O)O)c(CSC2CCCC2)c1. The molecule has 98 valence electrons. The number of benzene rings is 1. The van der Waals surface area contributed by atoms with Crippen LogP contribution in [0.1, 0.15) is 31.2 Å². The molecule has 0 radical (unpaired) electrons. The Morgan fingerprint density at radius 3 is 2.67 bits per heavy atom. The van der Waals surface area contributed by atoms with Gasteiger partial charge in [-0.15, -0.1) is 0 Å². The molecule has 0 spiro atoms. The van der Waals surface area contributed by atoms with E-state index in [1.807, 2.05) is 17.8 Å². The molecule has 0 aliphatic heterocycles. The van der Waals surface area contributed by atoms with Crippen LogP contribution in [0, 0.1) is 0 Å². The van der Waals surface area contributed by atoms with E-state index in [9.17, 15) is 10.0 Å². The highest BCUT2D eigenvalue weighted by Crippen LogP contribution is 2.31. The topological polar surface area (TPSA) is 49.7 Å². The summed E-state index contributed by atoms with van der Waals surface area (Å²) in [5, 5.41) is 19.5. The van der Waals surface area contributed by atoms with Crippen LogP contribution in [0.25, 0.3) is 0 Å². The number of methoxy groups -OCH3 is 1. The minimum Gasteiger partial charge on any atom is -0.497 e. The molecule has 0 amide bonds. The zero-order valence-electron chi connectivity index (χ0n) is 10.6. The Kier molecular flexibility index (Phi) is 4.98. The second-order valence-corrected chi connectivity index (χ2v) is 5.94. The number of hydrogen-bond acceptors (Lipinski definition) is 4. The molecule has 1 aromatic carbocycles. The van der Waals surface area contributed by atoms with Crippen LogP contribution in [0.2, 0.25) is 0 Å². The van der Waals surface area contributed by atoms with Gasteiger partial charge in [0.25, 0.3) is 0 Å². The van der Waals surface area contributed by atoms with Crippen molar-refractivity contribution >= 4 is 24.3 Å². The Bertz CT molecular complexity index is 392. The summed E-state index contributed by atoms with van der Waals surface area (Å²) in [7, 11) is 0.216. The number of thioether (sulfide) groups is 1. The van der Waals surface area contributed by atoms with Crippen LogP contribution in [-0.2, 0) is 5.75 Å². The molecule has 5 heteroatoms. The first kappa shape index (κ1) is 13.8. The van der Waals surface area contributed by atoms with Gasteiger partial charge >= 0.3 is 7.12 Å². The van der Waals surface area contributed by atoms with Crippen LogP contribution in [-0.4, -0.2) is 29.5 Å². The molecule has 1 aliphatic rings. The molecule has 1 saturated carbocycles. The summed E-state index contributed by atoms with van der Waals surface area (Å²) in [6.07, 6.45) is 5.22. The van der Waals surface area contributed by atoms with Gasteiger partial charge in [0.15, 0.2) is 0 Å². The molecule has 1 aliphatic carbocycles. The van der Waals surface area contributed by atoms with E-state index in [-0.39, 0.29) is 0 Å². The van der Waals surface area contributed by atoms with E-state index >= 15 is 0 Å². The average Bonchev–Trinajstić information content (AvgIpc) is 2.88. The molecule has 18 heavy (non-hydrogen) atoms. The standard InChI is InChI=1S/C13H19BO3S/c1-17-11-6-7-13(14(15)16)10(8-11)9-18-12-4-2-3-5-12/h6-8,12,15-16H,2-5,9H2,1H3. The lowest BCUT2D eigenvalue weighted by Gasteiger charge is -2.13.